The highest BCUT2D eigenvalue weighted by Crippen LogP contribution is 2.71. The van der Waals surface area contributed by atoms with Gasteiger partial charge in [-0.25, -0.2) is 0 Å². The summed E-state index contributed by atoms with van der Waals surface area (Å²) in [5.41, 5.74) is 2.13. The second-order valence-electron chi connectivity index (χ2n) is 13.6. The van der Waals surface area contributed by atoms with E-state index >= 15 is 0 Å². The van der Waals surface area contributed by atoms with Crippen LogP contribution in [0.3, 0.4) is 0 Å². The van der Waals surface area contributed by atoms with Crippen molar-refractivity contribution < 1.29 is 20.1 Å². The zero-order valence-electron chi connectivity index (χ0n) is 22.6. The molecule has 2 saturated carbocycles. The smallest absolute Gasteiger partial charge is 0.159 e. The van der Waals surface area contributed by atoms with Crippen molar-refractivity contribution in [2.45, 2.75) is 112 Å². The minimum Gasteiger partial charge on any atom is -0.393 e. The summed E-state index contributed by atoms with van der Waals surface area (Å²) in [5, 5.41) is 31.9. The van der Waals surface area contributed by atoms with Gasteiger partial charge in [0.05, 0.1) is 18.8 Å². The molecule has 34 heavy (non-hydrogen) atoms. The summed E-state index contributed by atoms with van der Waals surface area (Å²) < 4.78 is 0. The van der Waals surface area contributed by atoms with E-state index in [1.54, 1.807) is 0 Å². The van der Waals surface area contributed by atoms with Gasteiger partial charge in [-0.1, -0.05) is 53.2 Å². The molecule has 0 aromatic heterocycles. The normalized spacial score (nSPS) is 45.0. The van der Waals surface area contributed by atoms with Crippen molar-refractivity contribution in [1.82, 2.24) is 0 Å². The zero-order chi connectivity index (χ0) is 25.3. The third-order valence-electron chi connectivity index (χ3n) is 11.6. The van der Waals surface area contributed by atoms with E-state index in [0.29, 0.717) is 18.3 Å². The topological polar surface area (TPSA) is 77.8 Å². The lowest BCUT2D eigenvalue weighted by molar-refractivity contribution is -0.138. The average Bonchev–Trinajstić information content (AvgIpc) is 3.03. The van der Waals surface area contributed by atoms with Gasteiger partial charge in [-0.3, -0.25) is 4.79 Å². The Morgan fingerprint density at radius 3 is 2.44 bits per heavy atom. The molecule has 0 aromatic rings. The summed E-state index contributed by atoms with van der Waals surface area (Å²) in [6, 6.07) is 0. The number of carbonyl (C=O) groups is 1. The molecule has 4 aliphatic carbocycles. The Labute approximate surface area is 206 Å². The molecule has 0 amide bonds. The molecule has 4 nitrogen and oxygen atoms in total. The summed E-state index contributed by atoms with van der Waals surface area (Å²) in [5.74, 6) is 1.25. The van der Waals surface area contributed by atoms with Crippen molar-refractivity contribution in [2.24, 2.45) is 39.4 Å². The molecule has 0 radical (unpaired) electrons. The Morgan fingerprint density at radius 2 is 1.79 bits per heavy atom. The maximum atomic E-state index is 13.9. The third-order valence-corrected chi connectivity index (χ3v) is 11.6. The molecule has 192 valence electrons. The summed E-state index contributed by atoms with van der Waals surface area (Å²) in [6.07, 6.45) is 8.08. The SMILES string of the molecule is C/C(=C\CCC(C)[C@H]1CC[C@@]2(C)C3=C([C@H](O)C[C@]12C)[C@@]1(C)CC[C@H](O)C(C)(C)[C@@H]1CC3=O)CO. The molecule has 0 aliphatic heterocycles. The number of Topliss-reactive ketones (excluding diaryl/α,β-unsaturated/α-hetero) is 1. The molecule has 0 heterocycles. The predicted octanol–water partition coefficient (Wildman–Crippen LogP) is 5.60. The Balaban J connectivity index is 1.72. The molecular weight excluding hydrogens is 424 g/mol. The molecule has 4 rings (SSSR count). The van der Waals surface area contributed by atoms with Gasteiger partial charge < -0.3 is 15.3 Å². The van der Waals surface area contributed by atoms with Crippen LogP contribution in [0.2, 0.25) is 0 Å². The average molecular weight is 473 g/mol. The second-order valence-corrected chi connectivity index (χ2v) is 13.6. The number of carbonyl (C=O) groups excluding carboxylic acids is 1. The second kappa shape index (κ2) is 8.56. The molecule has 0 spiro atoms. The lowest BCUT2D eigenvalue weighted by atomic mass is 9.42. The molecule has 0 saturated heterocycles. The fourth-order valence-corrected chi connectivity index (χ4v) is 9.24. The molecule has 2 fully saturated rings. The van der Waals surface area contributed by atoms with Gasteiger partial charge in [-0.15, -0.1) is 0 Å². The summed E-state index contributed by atoms with van der Waals surface area (Å²) in [6.45, 7) is 15.6. The number of aliphatic hydroxyl groups is 3. The van der Waals surface area contributed by atoms with Gasteiger partial charge in [0.15, 0.2) is 5.78 Å². The number of aliphatic hydroxyl groups excluding tert-OH is 3. The Kier molecular flexibility index (Phi) is 6.57. The molecule has 0 aromatic carbocycles. The van der Waals surface area contributed by atoms with Crippen molar-refractivity contribution in [1.29, 1.82) is 0 Å². The van der Waals surface area contributed by atoms with Gasteiger partial charge in [0.25, 0.3) is 0 Å². The minimum atomic E-state index is -0.583. The fourth-order valence-electron chi connectivity index (χ4n) is 9.24. The van der Waals surface area contributed by atoms with Crippen molar-refractivity contribution >= 4 is 5.78 Å². The maximum absolute atomic E-state index is 13.9. The molecule has 3 N–H and O–H groups in total. The molecular formula is C30H48O4. The molecule has 8 atom stereocenters. The first-order valence-electron chi connectivity index (χ1n) is 13.6. The van der Waals surface area contributed by atoms with Crippen LogP contribution in [0, 0.1) is 39.4 Å². The monoisotopic (exact) mass is 472 g/mol. The zero-order valence-corrected chi connectivity index (χ0v) is 22.6. The largest absolute Gasteiger partial charge is 0.393 e. The maximum Gasteiger partial charge on any atom is 0.159 e. The van der Waals surface area contributed by atoms with E-state index in [-0.39, 0.29) is 40.0 Å². The van der Waals surface area contributed by atoms with E-state index in [1.807, 2.05) is 6.92 Å². The molecule has 4 aliphatic rings. The molecule has 1 unspecified atom stereocenters. The Morgan fingerprint density at radius 1 is 1.12 bits per heavy atom. The van der Waals surface area contributed by atoms with Gasteiger partial charge in [0, 0.05) is 17.4 Å². The Bertz CT molecular complexity index is 899. The van der Waals surface area contributed by atoms with E-state index in [1.165, 1.54) is 0 Å². The first kappa shape index (κ1) is 26.1. The summed E-state index contributed by atoms with van der Waals surface area (Å²) in [4.78, 5) is 13.9. The van der Waals surface area contributed by atoms with Crippen LogP contribution >= 0.6 is 0 Å². The van der Waals surface area contributed by atoms with Crippen LogP contribution in [-0.4, -0.2) is 39.9 Å². The van der Waals surface area contributed by atoms with Gasteiger partial charge in [-0.05, 0) is 91.4 Å². The van der Waals surface area contributed by atoms with Gasteiger partial charge in [-0.2, -0.15) is 0 Å². The van der Waals surface area contributed by atoms with Gasteiger partial charge in [0.2, 0.25) is 0 Å². The van der Waals surface area contributed by atoms with Gasteiger partial charge >= 0.3 is 0 Å². The highest BCUT2D eigenvalue weighted by molar-refractivity contribution is 6.00. The quantitative estimate of drug-likeness (QED) is 0.455. The minimum absolute atomic E-state index is 0.0651. The highest BCUT2D eigenvalue weighted by Gasteiger charge is 2.67. The van der Waals surface area contributed by atoms with E-state index in [9.17, 15) is 20.1 Å². The van der Waals surface area contributed by atoms with E-state index in [2.05, 4.69) is 47.6 Å². The van der Waals surface area contributed by atoms with Gasteiger partial charge in [0.1, 0.15) is 0 Å². The number of fused-ring (bicyclic) bond motifs is 4. The molecule has 4 heteroatoms. The lowest BCUT2D eigenvalue weighted by Gasteiger charge is -2.62. The number of allylic oxidation sites excluding steroid dienone is 2. The fraction of sp³-hybridized carbons (Fsp3) is 0.833. The number of rotatable bonds is 5. The number of hydrogen-bond donors (Lipinski definition) is 3. The third kappa shape index (κ3) is 3.53. The van der Waals surface area contributed by atoms with Crippen molar-refractivity contribution in [3.63, 3.8) is 0 Å². The van der Waals surface area contributed by atoms with Crippen LogP contribution in [0.4, 0.5) is 0 Å². The standard InChI is InChI=1S/C30H48O4/c1-18(17-31)9-8-10-19(2)20-11-14-29(6)26-21(32)15-23-27(3,4)24(34)12-13-28(23,5)25(26)22(33)16-30(20,29)7/h9,19-20,22-24,31,33-34H,8,10-17H2,1-7H3/b18-9+/t19?,20-,22-,23+,24+,28+,29+,30-/m1/s1. The van der Waals surface area contributed by atoms with Crippen LogP contribution < -0.4 is 0 Å². The first-order valence-corrected chi connectivity index (χ1v) is 13.6. The molecule has 0 bridgehead atoms. The van der Waals surface area contributed by atoms with Crippen LogP contribution in [0.15, 0.2) is 22.8 Å². The number of ketones is 1. The van der Waals surface area contributed by atoms with E-state index < -0.39 is 12.2 Å². The summed E-state index contributed by atoms with van der Waals surface area (Å²) >= 11 is 0. The first-order chi connectivity index (χ1) is 15.7. The van der Waals surface area contributed by atoms with Crippen molar-refractivity contribution in [3.05, 3.63) is 22.8 Å². The highest BCUT2D eigenvalue weighted by atomic mass is 16.3. The Hall–Kier alpha value is -0.970. The summed E-state index contributed by atoms with van der Waals surface area (Å²) in [7, 11) is 0. The van der Waals surface area contributed by atoms with Crippen LogP contribution in [0.5, 0.6) is 0 Å². The van der Waals surface area contributed by atoms with Crippen LogP contribution in [-0.2, 0) is 4.79 Å². The van der Waals surface area contributed by atoms with Crippen molar-refractivity contribution in [3.8, 4) is 0 Å². The van der Waals surface area contributed by atoms with Crippen LogP contribution in [0.1, 0.15) is 99.8 Å². The van der Waals surface area contributed by atoms with E-state index in [4.69, 9.17) is 0 Å². The van der Waals surface area contributed by atoms with E-state index in [0.717, 1.165) is 61.7 Å². The van der Waals surface area contributed by atoms with Crippen molar-refractivity contribution in [2.75, 3.05) is 6.61 Å². The number of hydrogen-bond acceptors (Lipinski definition) is 4. The predicted molar refractivity (Wildman–Crippen MR) is 136 cm³/mol. The lowest BCUT2D eigenvalue weighted by Crippen LogP contribution is -2.59. The van der Waals surface area contributed by atoms with Crippen LogP contribution in [0.25, 0.3) is 0 Å².